The van der Waals surface area contributed by atoms with Crippen molar-refractivity contribution >= 4 is 33.0 Å². The van der Waals surface area contributed by atoms with E-state index in [4.69, 9.17) is 16.3 Å². The first-order valence-corrected chi connectivity index (χ1v) is 9.06. The summed E-state index contributed by atoms with van der Waals surface area (Å²) in [5, 5.41) is 0. The van der Waals surface area contributed by atoms with E-state index in [2.05, 4.69) is 0 Å². The Bertz CT molecular complexity index is 509. The smallest absolute Gasteiger partial charge is 0.252 e. The molecule has 4 nitrogen and oxygen atoms in total. The first-order chi connectivity index (χ1) is 9.04. The molecule has 1 aliphatic rings. The van der Waals surface area contributed by atoms with Crippen LogP contribution in [-0.4, -0.2) is 44.9 Å². The molecule has 19 heavy (non-hydrogen) atoms. The summed E-state index contributed by atoms with van der Waals surface area (Å²) in [6, 6.07) is 3.49. The molecule has 7 heteroatoms. The van der Waals surface area contributed by atoms with Gasteiger partial charge < -0.3 is 4.74 Å². The molecule has 0 aliphatic carbocycles. The van der Waals surface area contributed by atoms with Crippen LogP contribution in [0.25, 0.3) is 0 Å². The van der Waals surface area contributed by atoms with Crippen molar-refractivity contribution in [1.82, 2.24) is 4.31 Å². The summed E-state index contributed by atoms with van der Waals surface area (Å²) in [5.41, 5.74) is 0. The van der Waals surface area contributed by atoms with Crippen LogP contribution in [0, 0.1) is 0 Å². The van der Waals surface area contributed by atoms with Crippen LogP contribution >= 0.6 is 22.9 Å². The molecule has 0 N–H and O–H groups in total. The van der Waals surface area contributed by atoms with E-state index >= 15 is 0 Å². The van der Waals surface area contributed by atoms with Crippen LogP contribution in [0.4, 0.5) is 0 Å². The molecule has 0 spiro atoms. The normalized spacial score (nSPS) is 20.3. The Morgan fingerprint density at radius 3 is 2.95 bits per heavy atom. The van der Waals surface area contributed by atoms with Crippen LogP contribution in [0.2, 0.25) is 0 Å². The Hall–Kier alpha value is -0.140. The van der Waals surface area contributed by atoms with Gasteiger partial charge in [0.15, 0.2) is 0 Å². The number of likely N-dealkylation sites (N-methyl/N-ethyl adjacent to an activating group) is 1. The first-order valence-electron chi connectivity index (χ1n) is 6.26. The molecule has 0 aromatic carbocycles. The van der Waals surface area contributed by atoms with Gasteiger partial charge >= 0.3 is 0 Å². The van der Waals surface area contributed by atoms with Crippen LogP contribution in [-0.2, 0) is 21.2 Å². The Morgan fingerprint density at radius 1 is 1.53 bits per heavy atom. The number of ether oxygens (including phenoxy) is 1. The number of aryl methyl sites for hydroxylation is 1. The van der Waals surface area contributed by atoms with Gasteiger partial charge in [-0.15, -0.1) is 22.9 Å². The Kier molecular flexibility index (Phi) is 5.25. The molecule has 1 unspecified atom stereocenters. The fourth-order valence-electron chi connectivity index (χ4n) is 2.05. The third-order valence-electron chi connectivity index (χ3n) is 3.13. The van der Waals surface area contributed by atoms with Gasteiger partial charge in [0.1, 0.15) is 4.21 Å². The van der Waals surface area contributed by atoms with Gasteiger partial charge in [0.2, 0.25) is 0 Å². The molecule has 2 rings (SSSR count). The van der Waals surface area contributed by atoms with Crippen molar-refractivity contribution in [3.63, 3.8) is 0 Å². The number of alkyl halides is 1. The van der Waals surface area contributed by atoms with E-state index < -0.39 is 10.0 Å². The summed E-state index contributed by atoms with van der Waals surface area (Å²) in [4.78, 5) is 0.999. The Labute approximate surface area is 123 Å². The molecule has 1 aliphatic heterocycles. The van der Waals surface area contributed by atoms with Gasteiger partial charge in [0.05, 0.1) is 6.10 Å². The van der Waals surface area contributed by atoms with E-state index in [0.717, 1.165) is 24.3 Å². The summed E-state index contributed by atoms with van der Waals surface area (Å²) >= 11 is 6.96. The molecule has 0 saturated carbocycles. The molecular weight excluding hydrogens is 306 g/mol. The van der Waals surface area contributed by atoms with Gasteiger partial charge in [-0.25, -0.2) is 8.42 Å². The number of rotatable bonds is 6. The molecule has 0 radical (unpaired) electrons. The van der Waals surface area contributed by atoms with Gasteiger partial charge in [0.25, 0.3) is 10.0 Å². The van der Waals surface area contributed by atoms with Crippen molar-refractivity contribution in [3.8, 4) is 0 Å². The number of hydrogen-bond acceptors (Lipinski definition) is 4. The average molecular weight is 324 g/mol. The van der Waals surface area contributed by atoms with Crippen molar-refractivity contribution in [1.29, 1.82) is 0 Å². The van der Waals surface area contributed by atoms with Crippen molar-refractivity contribution in [2.24, 2.45) is 0 Å². The monoisotopic (exact) mass is 323 g/mol. The van der Waals surface area contributed by atoms with E-state index in [1.807, 2.05) is 6.07 Å². The fraction of sp³-hybridized carbons (Fsp3) is 0.667. The van der Waals surface area contributed by atoms with Gasteiger partial charge in [0, 0.05) is 31.0 Å². The molecule has 2 heterocycles. The quantitative estimate of drug-likeness (QED) is 0.755. The molecule has 1 saturated heterocycles. The lowest BCUT2D eigenvalue weighted by molar-refractivity contribution is 0.0979. The molecule has 1 fully saturated rings. The van der Waals surface area contributed by atoms with E-state index in [0.29, 0.717) is 23.1 Å². The zero-order valence-electron chi connectivity index (χ0n) is 10.8. The maximum atomic E-state index is 12.4. The van der Waals surface area contributed by atoms with E-state index in [1.165, 1.54) is 15.6 Å². The lowest BCUT2D eigenvalue weighted by Crippen LogP contribution is -2.33. The van der Waals surface area contributed by atoms with Gasteiger partial charge in [-0.1, -0.05) is 0 Å². The topological polar surface area (TPSA) is 46.6 Å². The second-order valence-electron chi connectivity index (χ2n) is 4.58. The maximum Gasteiger partial charge on any atom is 0.252 e. The summed E-state index contributed by atoms with van der Waals surface area (Å²) in [7, 11) is -1.79. The van der Waals surface area contributed by atoms with Crippen LogP contribution in [0.15, 0.2) is 16.3 Å². The predicted molar refractivity (Wildman–Crippen MR) is 77.5 cm³/mol. The fourth-order valence-corrected chi connectivity index (χ4v) is 5.14. The zero-order valence-corrected chi connectivity index (χ0v) is 13.2. The second-order valence-corrected chi connectivity index (χ2v) is 8.40. The maximum absolute atomic E-state index is 12.4. The predicted octanol–water partition coefficient (Wildman–Crippen LogP) is 2.33. The number of thiophene rings is 1. The molecule has 1 aromatic rings. The summed E-state index contributed by atoms with van der Waals surface area (Å²) in [5.74, 6) is 0.506. The minimum absolute atomic E-state index is 0.0297. The van der Waals surface area contributed by atoms with E-state index in [-0.39, 0.29) is 6.10 Å². The highest BCUT2D eigenvalue weighted by Gasteiger charge is 2.27. The van der Waals surface area contributed by atoms with Crippen molar-refractivity contribution in [2.45, 2.75) is 29.6 Å². The van der Waals surface area contributed by atoms with Gasteiger partial charge in [-0.2, -0.15) is 4.31 Å². The van der Waals surface area contributed by atoms with Gasteiger partial charge in [-0.05, 0) is 31.4 Å². The van der Waals surface area contributed by atoms with Crippen molar-refractivity contribution in [3.05, 3.63) is 17.0 Å². The Morgan fingerprint density at radius 2 is 2.32 bits per heavy atom. The standard InChI is InChI=1S/C12H18ClNO3S2/c1-14(9-10-3-2-8-17-10)19(15,16)12-5-4-11(18-12)6-7-13/h4-5,10H,2-3,6-9H2,1H3. The molecule has 108 valence electrons. The van der Waals surface area contributed by atoms with Crippen LogP contribution in [0.3, 0.4) is 0 Å². The zero-order chi connectivity index (χ0) is 13.9. The molecular formula is C12H18ClNO3S2. The third-order valence-corrected chi connectivity index (χ3v) is 6.75. The molecule has 1 atom stereocenters. The van der Waals surface area contributed by atoms with E-state index in [1.54, 1.807) is 13.1 Å². The minimum atomic E-state index is -3.40. The lowest BCUT2D eigenvalue weighted by atomic mass is 10.2. The second kappa shape index (κ2) is 6.54. The highest BCUT2D eigenvalue weighted by molar-refractivity contribution is 7.91. The summed E-state index contributed by atoms with van der Waals surface area (Å²) in [6.45, 7) is 1.16. The summed E-state index contributed by atoms with van der Waals surface area (Å²) in [6.07, 6.45) is 2.68. The molecule has 1 aromatic heterocycles. The van der Waals surface area contributed by atoms with Crippen molar-refractivity contribution in [2.75, 3.05) is 26.1 Å². The first kappa shape index (κ1) is 15.3. The largest absolute Gasteiger partial charge is 0.377 e. The SMILES string of the molecule is CN(CC1CCCO1)S(=O)(=O)c1ccc(CCCl)s1. The molecule has 0 amide bonds. The number of hydrogen-bond donors (Lipinski definition) is 0. The van der Waals surface area contributed by atoms with Crippen LogP contribution in [0.1, 0.15) is 17.7 Å². The van der Waals surface area contributed by atoms with Crippen molar-refractivity contribution < 1.29 is 13.2 Å². The van der Waals surface area contributed by atoms with Crippen LogP contribution in [0.5, 0.6) is 0 Å². The molecule has 0 bridgehead atoms. The number of sulfonamides is 1. The van der Waals surface area contributed by atoms with Crippen LogP contribution < -0.4 is 0 Å². The number of nitrogens with zero attached hydrogens (tertiary/aromatic N) is 1. The highest BCUT2D eigenvalue weighted by Crippen LogP contribution is 2.26. The van der Waals surface area contributed by atoms with Gasteiger partial charge in [-0.3, -0.25) is 0 Å². The summed E-state index contributed by atoms with van der Waals surface area (Å²) < 4.78 is 32.0. The Balaban J connectivity index is 2.06. The van der Waals surface area contributed by atoms with E-state index in [9.17, 15) is 8.42 Å². The number of halogens is 1. The lowest BCUT2D eigenvalue weighted by Gasteiger charge is -2.19. The highest BCUT2D eigenvalue weighted by atomic mass is 35.5. The third kappa shape index (κ3) is 3.70. The average Bonchev–Trinajstić information content (AvgIpc) is 3.00. The minimum Gasteiger partial charge on any atom is -0.377 e.